The minimum absolute atomic E-state index is 0.126. The lowest BCUT2D eigenvalue weighted by molar-refractivity contribution is -0.117. The van der Waals surface area contributed by atoms with Crippen LogP contribution in [-0.2, 0) is 11.2 Å². The highest BCUT2D eigenvalue weighted by atomic mass is 16.3. The first-order valence-electron chi connectivity index (χ1n) is 8.54. The van der Waals surface area contributed by atoms with Crippen molar-refractivity contribution in [1.29, 1.82) is 0 Å². The molecule has 1 unspecified atom stereocenters. The van der Waals surface area contributed by atoms with E-state index in [1.165, 1.54) is 0 Å². The fourth-order valence-corrected chi connectivity index (χ4v) is 2.98. The van der Waals surface area contributed by atoms with Gasteiger partial charge in [-0.25, -0.2) is 0 Å². The molecule has 3 rings (SSSR count). The summed E-state index contributed by atoms with van der Waals surface area (Å²) in [6.45, 7) is 0.927. The zero-order valence-corrected chi connectivity index (χ0v) is 14.0. The fourth-order valence-electron chi connectivity index (χ4n) is 2.98. The zero-order chi connectivity index (χ0) is 17.6. The van der Waals surface area contributed by atoms with Crippen LogP contribution in [0, 0.1) is 0 Å². The Bertz CT molecular complexity index is 728. The number of carbonyl (C=O) groups excluding carboxylic acids is 2. The molecule has 2 N–H and O–H groups in total. The van der Waals surface area contributed by atoms with Gasteiger partial charge >= 0.3 is 0 Å². The number of nitrogens with zero attached hydrogens (tertiary/aromatic N) is 1. The van der Waals surface area contributed by atoms with Crippen LogP contribution < -0.4 is 10.2 Å². The van der Waals surface area contributed by atoms with E-state index in [0.717, 1.165) is 24.2 Å². The topological polar surface area (TPSA) is 69.6 Å². The minimum atomic E-state index is -0.632. The Hall–Kier alpha value is -2.66. The van der Waals surface area contributed by atoms with Gasteiger partial charge in [0, 0.05) is 37.2 Å². The second kappa shape index (κ2) is 7.94. The van der Waals surface area contributed by atoms with E-state index in [-0.39, 0.29) is 18.4 Å². The highest BCUT2D eigenvalue weighted by Crippen LogP contribution is 2.21. The van der Waals surface area contributed by atoms with E-state index in [4.69, 9.17) is 0 Å². The predicted molar refractivity (Wildman–Crippen MR) is 96.5 cm³/mol. The summed E-state index contributed by atoms with van der Waals surface area (Å²) in [4.78, 5) is 25.7. The van der Waals surface area contributed by atoms with Gasteiger partial charge in [0.2, 0.25) is 5.91 Å². The molecule has 2 aromatic carbocycles. The van der Waals surface area contributed by atoms with Crippen molar-refractivity contribution in [2.24, 2.45) is 0 Å². The number of carbonyl (C=O) groups is 2. The molecule has 1 saturated heterocycles. The third kappa shape index (κ3) is 4.45. The molecular weight excluding hydrogens is 316 g/mol. The van der Waals surface area contributed by atoms with Crippen molar-refractivity contribution in [3.05, 3.63) is 65.7 Å². The van der Waals surface area contributed by atoms with Gasteiger partial charge in [-0.1, -0.05) is 30.3 Å². The normalized spacial score (nSPS) is 15.2. The number of anilines is 1. The van der Waals surface area contributed by atoms with Crippen LogP contribution >= 0.6 is 0 Å². The van der Waals surface area contributed by atoms with Gasteiger partial charge in [-0.05, 0) is 36.2 Å². The number of aliphatic hydroxyl groups excluding tert-OH is 1. The summed E-state index contributed by atoms with van der Waals surface area (Å²) in [6, 6.07) is 16.7. The standard InChI is InChI=1S/C20H22N2O3/c23-18(13-15-5-2-1-3-6-15)14-21-20(25)16-8-10-17(11-9-16)22-12-4-7-19(22)24/h1-3,5-6,8-11,18,23H,4,7,12-14H2,(H,21,25). The highest BCUT2D eigenvalue weighted by molar-refractivity contribution is 5.97. The molecule has 2 aromatic rings. The van der Waals surface area contributed by atoms with Crippen molar-refractivity contribution >= 4 is 17.5 Å². The van der Waals surface area contributed by atoms with Crippen molar-refractivity contribution < 1.29 is 14.7 Å². The Morgan fingerprint density at radius 1 is 1.12 bits per heavy atom. The zero-order valence-electron chi connectivity index (χ0n) is 14.0. The molecule has 0 aromatic heterocycles. The lowest BCUT2D eigenvalue weighted by Gasteiger charge is -2.16. The molecule has 5 heteroatoms. The third-order valence-electron chi connectivity index (χ3n) is 4.33. The molecule has 0 aliphatic carbocycles. The van der Waals surface area contributed by atoms with E-state index < -0.39 is 6.10 Å². The smallest absolute Gasteiger partial charge is 0.251 e. The molecule has 1 aliphatic heterocycles. The van der Waals surface area contributed by atoms with Crippen LogP contribution in [0.25, 0.3) is 0 Å². The van der Waals surface area contributed by atoms with Gasteiger partial charge in [-0.15, -0.1) is 0 Å². The lowest BCUT2D eigenvalue weighted by atomic mass is 10.1. The monoisotopic (exact) mass is 338 g/mol. The number of rotatable bonds is 6. The molecule has 1 aliphatic rings. The van der Waals surface area contributed by atoms with Gasteiger partial charge in [0.05, 0.1) is 6.10 Å². The highest BCUT2D eigenvalue weighted by Gasteiger charge is 2.21. The molecule has 25 heavy (non-hydrogen) atoms. The molecule has 0 spiro atoms. The number of hydrogen-bond acceptors (Lipinski definition) is 3. The first-order valence-corrected chi connectivity index (χ1v) is 8.54. The fraction of sp³-hybridized carbons (Fsp3) is 0.300. The van der Waals surface area contributed by atoms with Gasteiger partial charge in [-0.3, -0.25) is 9.59 Å². The average Bonchev–Trinajstić information content (AvgIpc) is 3.07. The van der Waals surface area contributed by atoms with E-state index in [0.29, 0.717) is 18.4 Å². The van der Waals surface area contributed by atoms with Gasteiger partial charge < -0.3 is 15.3 Å². The van der Waals surface area contributed by atoms with Crippen molar-refractivity contribution in [2.75, 3.05) is 18.0 Å². The lowest BCUT2D eigenvalue weighted by Crippen LogP contribution is -2.33. The molecule has 130 valence electrons. The van der Waals surface area contributed by atoms with Gasteiger partial charge in [0.15, 0.2) is 0 Å². The van der Waals surface area contributed by atoms with Crippen LogP contribution in [0.1, 0.15) is 28.8 Å². The van der Waals surface area contributed by atoms with Crippen LogP contribution in [-0.4, -0.2) is 36.1 Å². The number of nitrogens with one attached hydrogen (secondary N) is 1. The second-order valence-electron chi connectivity index (χ2n) is 6.25. The quantitative estimate of drug-likeness (QED) is 0.848. The molecule has 0 radical (unpaired) electrons. The Morgan fingerprint density at radius 2 is 1.84 bits per heavy atom. The van der Waals surface area contributed by atoms with Crippen LogP contribution in [0.4, 0.5) is 5.69 Å². The van der Waals surface area contributed by atoms with Gasteiger partial charge in [-0.2, -0.15) is 0 Å². The molecule has 5 nitrogen and oxygen atoms in total. The maximum atomic E-state index is 12.2. The largest absolute Gasteiger partial charge is 0.391 e. The van der Waals surface area contributed by atoms with Crippen LogP contribution in [0.2, 0.25) is 0 Å². The van der Waals surface area contributed by atoms with Crippen LogP contribution in [0.5, 0.6) is 0 Å². The summed E-state index contributed by atoms with van der Waals surface area (Å²) < 4.78 is 0. The Labute approximate surface area is 147 Å². The Morgan fingerprint density at radius 3 is 2.48 bits per heavy atom. The van der Waals surface area contributed by atoms with E-state index in [9.17, 15) is 14.7 Å². The van der Waals surface area contributed by atoms with E-state index in [1.54, 1.807) is 29.2 Å². The van der Waals surface area contributed by atoms with Crippen LogP contribution in [0.15, 0.2) is 54.6 Å². The molecule has 0 bridgehead atoms. The number of benzene rings is 2. The first kappa shape index (κ1) is 17.2. The minimum Gasteiger partial charge on any atom is -0.391 e. The SMILES string of the molecule is O=C(NCC(O)Cc1ccccc1)c1ccc(N2CCCC2=O)cc1. The van der Waals surface area contributed by atoms with Crippen molar-refractivity contribution in [1.82, 2.24) is 5.32 Å². The Balaban J connectivity index is 1.52. The molecule has 1 heterocycles. The molecule has 2 amide bonds. The van der Waals surface area contributed by atoms with Gasteiger partial charge in [0.1, 0.15) is 0 Å². The second-order valence-corrected chi connectivity index (χ2v) is 6.25. The number of aliphatic hydroxyl groups is 1. The van der Waals surface area contributed by atoms with E-state index >= 15 is 0 Å². The van der Waals surface area contributed by atoms with Crippen molar-refractivity contribution in [3.8, 4) is 0 Å². The summed E-state index contributed by atoms with van der Waals surface area (Å²) in [5.74, 6) is -0.104. The van der Waals surface area contributed by atoms with Crippen LogP contribution in [0.3, 0.4) is 0 Å². The van der Waals surface area contributed by atoms with Gasteiger partial charge in [0.25, 0.3) is 5.91 Å². The molecule has 1 fully saturated rings. The third-order valence-corrected chi connectivity index (χ3v) is 4.33. The predicted octanol–water partition coefficient (Wildman–Crippen LogP) is 2.15. The summed E-state index contributed by atoms with van der Waals surface area (Å²) in [5, 5.41) is 12.8. The summed E-state index contributed by atoms with van der Waals surface area (Å²) in [7, 11) is 0. The molecule has 1 atom stereocenters. The maximum absolute atomic E-state index is 12.2. The number of hydrogen-bond donors (Lipinski definition) is 2. The van der Waals surface area contributed by atoms with Crippen molar-refractivity contribution in [3.63, 3.8) is 0 Å². The Kier molecular flexibility index (Phi) is 5.46. The van der Waals surface area contributed by atoms with E-state index in [2.05, 4.69) is 5.32 Å². The maximum Gasteiger partial charge on any atom is 0.251 e. The average molecular weight is 338 g/mol. The molecule has 0 saturated carbocycles. The van der Waals surface area contributed by atoms with E-state index in [1.807, 2.05) is 30.3 Å². The van der Waals surface area contributed by atoms with Crippen molar-refractivity contribution in [2.45, 2.75) is 25.4 Å². The first-order chi connectivity index (χ1) is 12.1. The number of amides is 2. The molecular formula is C20H22N2O3. The summed E-state index contributed by atoms with van der Waals surface area (Å²) >= 11 is 0. The summed E-state index contributed by atoms with van der Waals surface area (Å²) in [5.41, 5.74) is 2.37. The summed E-state index contributed by atoms with van der Waals surface area (Å²) in [6.07, 6.45) is 1.33.